The van der Waals surface area contributed by atoms with Crippen LogP contribution in [0.5, 0.6) is 0 Å². The molecule has 0 aromatic carbocycles. The lowest BCUT2D eigenvalue weighted by molar-refractivity contribution is 0.0697. The normalized spacial score (nSPS) is 11.9. The largest absolute Gasteiger partial charge is 0.478 e. The average Bonchev–Trinajstić information content (AvgIpc) is 2.41. The summed E-state index contributed by atoms with van der Waals surface area (Å²) in [5.74, 6) is -1.78. The number of nitrogens with zero attached hydrogens (tertiary/aromatic N) is 2. The molecule has 2 aromatic rings. The minimum absolute atomic E-state index is 0.130. The van der Waals surface area contributed by atoms with Crippen molar-refractivity contribution >= 4 is 11.8 Å². The third kappa shape index (κ3) is 3.04. The first-order valence-electron chi connectivity index (χ1n) is 5.63. The van der Waals surface area contributed by atoms with Gasteiger partial charge in [0.25, 0.3) is 0 Å². The van der Waals surface area contributed by atoms with Gasteiger partial charge in [-0.15, -0.1) is 0 Å². The summed E-state index contributed by atoms with van der Waals surface area (Å²) in [6.07, 6.45) is 4.29. The summed E-state index contributed by atoms with van der Waals surface area (Å²) >= 11 is 0. The molecule has 0 amide bonds. The maximum atomic E-state index is 13.0. The van der Waals surface area contributed by atoms with Crippen molar-refractivity contribution in [2.75, 3.05) is 5.32 Å². The van der Waals surface area contributed by atoms with Gasteiger partial charge in [-0.05, 0) is 24.6 Å². The van der Waals surface area contributed by atoms with Crippen molar-refractivity contribution in [3.8, 4) is 0 Å². The van der Waals surface area contributed by atoms with Crippen molar-refractivity contribution < 1.29 is 14.3 Å². The maximum absolute atomic E-state index is 13.0. The monoisotopic (exact) mass is 261 g/mol. The lowest BCUT2D eigenvalue weighted by atomic mass is 10.1. The van der Waals surface area contributed by atoms with Gasteiger partial charge in [0.05, 0.1) is 12.2 Å². The van der Waals surface area contributed by atoms with E-state index in [4.69, 9.17) is 5.11 Å². The third-order valence-electron chi connectivity index (χ3n) is 2.62. The van der Waals surface area contributed by atoms with Gasteiger partial charge in [0.2, 0.25) is 0 Å². The smallest absolute Gasteiger partial charge is 0.339 e. The summed E-state index contributed by atoms with van der Waals surface area (Å²) in [7, 11) is 0. The number of carboxylic acids is 1. The van der Waals surface area contributed by atoms with Gasteiger partial charge in [-0.2, -0.15) is 0 Å². The van der Waals surface area contributed by atoms with Crippen LogP contribution in [-0.4, -0.2) is 21.0 Å². The Labute approximate surface area is 109 Å². The van der Waals surface area contributed by atoms with Gasteiger partial charge in [0.1, 0.15) is 17.2 Å². The fourth-order valence-corrected chi connectivity index (χ4v) is 1.64. The second-order valence-corrected chi connectivity index (χ2v) is 4.01. The zero-order chi connectivity index (χ0) is 13.8. The molecule has 6 heteroatoms. The van der Waals surface area contributed by atoms with Gasteiger partial charge in [-0.25, -0.2) is 14.2 Å². The van der Waals surface area contributed by atoms with Crippen molar-refractivity contribution in [3.05, 3.63) is 53.7 Å². The molecule has 2 aromatic heterocycles. The number of halogens is 1. The Morgan fingerprint density at radius 3 is 2.89 bits per heavy atom. The Morgan fingerprint density at radius 1 is 1.47 bits per heavy atom. The van der Waals surface area contributed by atoms with Crippen LogP contribution in [0.3, 0.4) is 0 Å². The molecule has 0 bridgehead atoms. The van der Waals surface area contributed by atoms with E-state index in [0.717, 1.165) is 17.8 Å². The van der Waals surface area contributed by atoms with Crippen LogP contribution in [-0.2, 0) is 0 Å². The molecule has 0 spiro atoms. The summed E-state index contributed by atoms with van der Waals surface area (Å²) in [5.41, 5.74) is 0.681. The minimum atomic E-state index is -1.23. The molecule has 0 aliphatic carbocycles. The number of pyridine rings is 2. The summed E-state index contributed by atoms with van der Waals surface area (Å²) in [5, 5.41) is 12.0. The van der Waals surface area contributed by atoms with E-state index in [9.17, 15) is 9.18 Å². The highest BCUT2D eigenvalue weighted by Gasteiger charge is 2.15. The number of aromatic carboxylic acids is 1. The van der Waals surface area contributed by atoms with Gasteiger partial charge >= 0.3 is 5.97 Å². The van der Waals surface area contributed by atoms with Gasteiger partial charge in [0, 0.05) is 12.4 Å². The molecule has 1 unspecified atom stereocenters. The third-order valence-corrected chi connectivity index (χ3v) is 2.62. The van der Waals surface area contributed by atoms with Crippen LogP contribution in [0.1, 0.15) is 28.9 Å². The Morgan fingerprint density at radius 2 is 2.26 bits per heavy atom. The van der Waals surface area contributed by atoms with E-state index in [-0.39, 0.29) is 17.4 Å². The molecule has 0 aliphatic heterocycles. The molecule has 0 saturated heterocycles. The van der Waals surface area contributed by atoms with E-state index in [1.807, 2.05) is 13.0 Å². The Kier molecular flexibility index (Phi) is 3.70. The molecular formula is C13H12FN3O2. The van der Waals surface area contributed by atoms with E-state index in [1.54, 1.807) is 18.5 Å². The lowest BCUT2D eigenvalue weighted by Crippen LogP contribution is -2.12. The van der Waals surface area contributed by atoms with Crippen molar-refractivity contribution in [3.63, 3.8) is 0 Å². The fourth-order valence-electron chi connectivity index (χ4n) is 1.64. The first-order valence-corrected chi connectivity index (χ1v) is 5.63. The Bertz CT molecular complexity index is 590. The molecule has 0 fully saturated rings. The van der Waals surface area contributed by atoms with E-state index in [2.05, 4.69) is 15.3 Å². The van der Waals surface area contributed by atoms with Crippen LogP contribution in [0.4, 0.5) is 10.2 Å². The zero-order valence-electron chi connectivity index (χ0n) is 10.2. The lowest BCUT2D eigenvalue weighted by Gasteiger charge is -2.15. The highest BCUT2D eigenvalue weighted by molar-refractivity contribution is 5.93. The van der Waals surface area contributed by atoms with Crippen LogP contribution in [0, 0.1) is 5.82 Å². The van der Waals surface area contributed by atoms with Crippen LogP contribution in [0.25, 0.3) is 0 Å². The van der Waals surface area contributed by atoms with Crippen LogP contribution in [0.15, 0.2) is 36.8 Å². The van der Waals surface area contributed by atoms with Crippen molar-refractivity contribution in [1.29, 1.82) is 0 Å². The maximum Gasteiger partial charge on any atom is 0.339 e. The van der Waals surface area contributed by atoms with E-state index < -0.39 is 11.8 Å². The van der Waals surface area contributed by atoms with Crippen LogP contribution in [0.2, 0.25) is 0 Å². The zero-order valence-corrected chi connectivity index (χ0v) is 10.2. The molecule has 98 valence electrons. The second-order valence-electron chi connectivity index (χ2n) is 4.01. The molecule has 1 atom stereocenters. The number of rotatable bonds is 4. The van der Waals surface area contributed by atoms with E-state index in [1.165, 1.54) is 0 Å². The predicted octanol–water partition coefficient (Wildman–Crippen LogP) is 2.49. The highest BCUT2D eigenvalue weighted by Crippen LogP contribution is 2.20. The van der Waals surface area contributed by atoms with E-state index >= 15 is 0 Å². The summed E-state index contributed by atoms with van der Waals surface area (Å²) < 4.78 is 13.0. The van der Waals surface area contributed by atoms with E-state index in [0.29, 0.717) is 0 Å². The Balaban J connectivity index is 2.26. The fraction of sp³-hybridized carbons (Fsp3) is 0.154. The first-order chi connectivity index (χ1) is 9.08. The summed E-state index contributed by atoms with van der Waals surface area (Å²) in [4.78, 5) is 18.8. The van der Waals surface area contributed by atoms with Gasteiger partial charge in [-0.3, -0.25) is 4.98 Å². The Hall–Kier alpha value is -2.50. The number of hydrogen-bond donors (Lipinski definition) is 2. The number of aromatic nitrogens is 2. The van der Waals surface area contributed by atoms with Gasteiger partial charge in [-0.1, -0.05) is 6.07 Å². The molecule has 2 N–H and O–H groups in total. The predicted molar refractivity (Wildman–Crippen MR) is 67.4 cm³/mol. The first kappa shape index (κ1) is 12.9. The van der Waals surface area contributed by atoms with Gasteiger partial charge < -0.3 is 10.4 Å². The molecular weight excluding hydrogens is 249 g/mol. The minimum Gasteiger partial charge on any atom is -0.478 e. The molecule has 0 saturated carbocycles. The summed E-state index contributed by atoms with van der Waals surface area (Å²) in [6, 6.07) is 4.39. The molecule has 0 aliphatic rings. The molecule has 2 heterocycles. The SMILES string of the molecule is CC(Nc1ncc(F)cc1C(=O)O)c1cccnc1. The number of hydrogen-bond acceptors (Lipinski definition) is 4. The molecule has 19 heavy (non-hydrogen) atoms. The van der Waals surface area contributed by atoms with Crippen molar-refractivity contribution in [2.45, 2.75) is 13.0 Å². The topological polar surface area (TPSA) is 75.1 Å². The second kappa shape index (κ2) is 5.43. The average molecular weight is 261 g/mol. The van der Waals surface area contributed by atoms with Crippen LogP contribution < -0.4 is 5.32 Å². The van der Waals surface area contributed by atoms with Gasteiger partial charge in [0.15, 0.2) is 0 Å². The number of nitrogens with one attached hydrogen (secondary N) is 1. The number of anilines is 1. The highest BCUT2D eigenvalue weighted by atomic mass is 19.1. The summed E-state index contributed by atoms with van der Waals surface area (Å²) in [6.45, 7) is 1.84. The van der Waals surface area contributed by atoms with Crippen molar-refractivity contribution in [1.82, 2.24) is 9.97 Å². The molecule has 0 radical (unpaired) electrons. The molecule has 5 nitrogen and oxygen atoms in total. The quantitative estimate of drug-likeness (QED) is 0.884. The van der Waals surface area contributed by atoms with Crippen LogP contribution >= 0.6 is 0 Å². The standard InChI is InChI=1S/C13H12FN3O2/c1-8(9-3-2-4-15-6-9)17-12-11(13(18)19)5-10(14)7-16-12/h2-8H,1H3,(H,16,17)(H,18,19). The number of carbonyl (C=O) groups is 1. The van der Waals surface area contributed by atoms with Crippen molar-refractivity contribution in [2.24, 2.45) is 0 Å². The number of carboxylic acid groups (broad SMARTS) is 1. The molecule has 2 rings (SSSR count).